The number of thiophene rings is 1. The van der Waals surface area contributed by atoms with Crippen LogP contribution in [0.5, 0.6) is 0 Å². The van der Waals surface area contributed by atoms with Gasteiger partial charge in [-0.1, -0.05) is 6.42 Å². The second kappa shape index (κ2) is 5.15. The van der Waals surface area contributed by atoms with E-state index in [4.69, 9.17) is 0 Å². The molecule has 0 unspecified atom stereocenters. The van der Waals surface area contributed by atoms with Gasteiger partial charge in [-0.2, -0.15) is 0 Å². The van der Waals surface area contributed by atoms with Crippen LogP contribution in [0.3, 0.4) is 0 Å². The Bertz CT molecular complexity index is 412. The Balaban J connectivity index is 0.000001000. The van der Waals surface area contributed by atoms with Gasteiger partial charge in [-0.3, -0.25) is 0 Å². The maximum absolute atomic E-state index is 3.85. The first-order valence-corrected chi connectivity index (χ1v) is 8.08. The van der Waals surface area contributed by atoms with Gasteiger partial charge in [0.2, 0.25) is 0 Å². The van der Waals surface area contributed by atoms with Gasteiger partial charge in [-0.05, 0) is 66.9 Å². The molecule has 3 aliphatic rings. The molecule has 0 aromatic carbocycles. The molecule has 3 saturated carbocycles. The van der Waals surface area contributed by atoms with Crippen LogP contribution >= 0.6 is 23.7 Å². The average Bonchev–Trinajstić information content (AvgIpc) is 2.80. The van der Waals surface area contributed by atoms with Crippen molar-refractivity contribution in [2.45, 2.75) is 57.0 Å². The predicted molar refractivity (Wildman–Crippen MR) is 79.6 cm³/mol. The smallest absolute Gasteiger partial charge is 0.0305 e. The summed E-state index contributed by atoms with van der Waals surface area (Å²) < 4.78 is 0. The second-order valence-electron chi connectivity index (χ2n) is 6.24. The summed E-state index contributed by atoms with van der Waals surface area (Å²) in [5.41, 5.74) is 1.66. The zero-order valence-corrected chi connectivity index (χ0v) is 12.4. The van der Waals surface area contributed by atoms with Crippen molar-refractivity contribution in [3.8, 4) is 0 Å². The molecule has 3 atom stereocenters. The maximum atomic E-state index is 3.85. The number of hydrogen-bond acceptors (Lipinski definition) is 2. The molecule has 0 amide bonds. The van der Waals surface area contributed by atoms with Gasteiger partial charge in [-0.25, -0.2) is 0 Å². The van der Waals surface area contributed by atoms with Crippen LogP contribution < -0.4 is 5.32 Å². The van der Waals surface area contributed by atoms with Crippen LogP contribution in [-0.2, 0) is 6.54 Å². The summed E-state index contributed by atoms with van der Waals surface area (Å²) in [6.07, 6.45) is 8.82. The Morgan fingerprint density at radius 2 is 2.06 bits per heavy atom. The van der Waals surface area contributed by atoms with Crippen molar-refractivity contribution in [2.75, 3.05) is 0 Å². The quantitative estimate of drug-likeness (QED) is 0.867. The Morgan fingerprint density at radius 3 is 2.72 bits per heavy atom. The number of nitrogens with one attached hydrogen (secondary N) is 1. The first-order chi connectivity index (χ1) is 8.40. The molecular formula is C15H22ClNS. The molecule has 0 saturated heterocycles. The van der Waals surface area contributed by atoms with Gasteiger partial charge in [0.25, 0.3) is 0 Å². The van der Waals surface area contributed by atoms with E-state index in [0.717, 1.165) is 30.3 Å². The highest BCUT2D eigenvalue weighted by Gasteiger charge is 2.39. The molecule has 0 spiro atoms. The molecule has 1 nitrogen and oxygen atoms in total. The molecule has 1 N–H and O–H groups in total. The highest BCUT2D eigenvalue weighted by molar-refractivity contribution is 7.10. The molecule has 100 valence electrons. The normalized spacial score (nSPS) is 33.7. The number of halogens is 1. The minimum Gasteiger partial charge on any atom is -0.309 e. The third-order valence-electron chi connectivity index (χ3n) is 5.06. The summed E-state index contributed by atoms with van der Waals surface area (Å²) in [6.45, 7) is 1.14. The first-order valence-electron chi connectivity index (χ1n) is 7.20. The van der Waals surface area contributed by atoms with Gasteiger partial charge >= 0.3 is 0 Å². The van der Waals surface area contributed by atoms with Crippen LogP contribution in [0.25, 0.3) is 0 Å². The van der Waals surface area contributed by atoms with Gasteiger partial charge in [0, 0.05) is 17.5 Å². The lowest BCUT2D eigenvalue weighted by Gasteiger charge is -2.23. The predicted octanol–water partition coefficient (Wildman–Crippen LogP) is 4.33. The number of hydrogen-bond donors (Lipinski definition) is 1. The van der Waals surface area contributed by atoms with E-state index in [-0.39, 0.29) is 12.4 Å². The number of fused-ring (bicyclic) bond motifs is 2. The molecule has 3 aliphatic carbocycles. The minimum atomic E-state index is 0. The third-order valence-corrected chi connectivity index (χ3v) is 6.00. The Hall–Kier alpha value is -0.0500. The summed E-state index contributed by atoms with van der Waals surface area (Å²) >= 11 is 1.96. The lowest BCUT2D eigenvalue weighted by atomic mass is 9.95. The van der Waals surface area contributed by atoms with E-state index in [1.54, 1.807) is 10.4 Å². The van der Waals surface area contributed by atoms with Crippen molar-refractivity contribution >= 4 is 23.7 Å². The topological polar surface area (TPSA) is 12.0 Å². The molecule has 3 heteroatoms. The molecule has 1 aromatic rings. The van der Waals surface area contributed by atoms with E-state index in [1.165, 1.54) is 38.5 Å². The standard InChI is InChI=1S/C15H21NS.ClH/c1-2-12-7-10(1)8-14(12)16-9-15-13(5-6-17-15)11-3-4-11;/h5-6,10-12,14,16H,1-4,7-9H2;1H/t10-,12+,14+;/m1./s1. The lowest BCUT2D eigenvalue weighted by Crippen LogP contribution is -2.33. The highest BCUT2D eigenvalue weighted by atomic mass is 35.5. The highest BCUT2D eigenvalue weighted by Crippen LogP contribution is 2.45. The second-order valence-corrected chi connectivity index (χ2v) is 7.24. The van der Waals surface area contributed by atoms with Crippen molar-refractivity contribution in [2.24, 2.45) is 11.8 Å². The maximum Gasteiger partial charge on any atom is 0.0305 e. The molecule has 18 heavy (non-hydrogen) atoms. The van der Waals surface area contributed by atoms with E-state index >= 15 is 0 Å². The Morgan fingerprint density at radius 1 is 1.17 bits per heavy atom. The lowest BCUT2D eigenvalue weighted by molar-refractivity contribution is 0.351. The van der Waals surface area contributed by atoms with Crippen molar-refractivity contribution in [1.29, 1.82) is 0 Å². The fourth-order valence-corrected chi connectivity index (χ4v) is 4.89. The third kappa shape index (κ3) is 2.35. The van der Waals surface area contributed by atoms with E-state index < -0.39 is 0 Å². The van der Waals surface area contributed by atoms with Crippen LogP contribution in [0.4, 0.5) is 0 Å². The van der Waals surface area contributed by atoms with Crippen molar-refractivity contribution < 1.29 is 0 Å². The van der Waals surface area contributed by atoms with Gasteiger partial charge in [0.1, 0.15) is 0 Å². The van der Waals surface area contributed by atoms with Crippen LogP contribution in [0.2, 0.25) is 0 Å². The van der Waals surface area contributed by atoms with Gasteiger partial charge in [0.05, 0.1) is 0 Å². The Kier molecular flexibility index (Phi) is 3.70. The molecular weight excluding hydrogens is 262 g/mol. The molecule has 0 radical (unpaired) electrons. The summed E-state index contributed by atoms with van der Waals surface area (Å²) in [5, 5.41) is 6.13. The van der Waals surface area contributed by atoms with Crippen LogP contribution in [0, 0.1) is 11.8 Å². The van der Waals surface area contributed by atoms with E-state index in [2.05, 4.69) is 16.8 Å². The van der Waals surface area contributed by atoms with Gasteiger partial charge in [-0.15, -0.1) is 23.7 Å². The van der Waals surface area contributed by atoms with E-state index in [1.807, 2.05) is 11.3 Å². The van der Waals surface area contributed by atoms with Crippen molar-refractivity contribution in [3.05, 3.63) is 21.9 Å². The molecule has 2 bridgehead atoms. The Labute approximate surface area is 120 Å². The van der Waals surface area contributed by atoms with E-state index in [9.17, 15) is 0 Å². The summed E-state index contributed by atoms with van der Waals surface area (Å²) in [5.74, 6) is 2.98. The van der Waals surface area contributed by atoms with E-state index in [0.29, 0.717) is 0 Å². The number of rotatable bonds is 4. The first kappa shape index (κ1) is 13.0. The summed E-state index contributed by atoms with van der Waals surface area (Å²) in [7, 11) is 0. The molecule has 1 heterocycles. The SMILES string of the molecule is Cl.c1cc(C2CC2)c(CN[C@H]2C[C@@H]3CC[C@H]2C3)s1. The van der Waals surface area contributed by atoms with Crippen molar-refractivity contribution in [3.63, 3.8) is 0 Å². The molecule has 1 aromatic heterocycles. The fraction of sp³-hybridized carbons (Fsp3) is 0.733. The average molecular weight is 284 g/mol. The molecule has 3 fully saturated rings. The fourth-order valence-electron chi connectivity index (χ4n) is 3.97. The largest absolute Gasteiger partial charge is 0.309 e. The summed E-state index contributed by atoms with van der Waals surface area (Å²) in [6, 6.07) is 3.20. The summed E-state index contributed by atoms with van der Waals surface area (Å²) in [4.78, 5) is 1.62. The monoisotopic (exact) mass is 283 g/mol. The molecule has 0 aliphatic heterocycles. The minimum absolute atomic E-state index is 0. The van der Waals surface area contributed by atoms with Crippen LogP contribution in [-0.4, -0.2) is 6.04 Å². The van der Waals surface area contributed by atoms with Crippen LogP contribution in [0.1, 0.15) is 54.9 Å². The van der Waals surface area contributed by atoms with Crippen LogP contribution in [0.15, 0.2) is 11.4 Å². The van der Waals surface area contributed by atoms with Gasteiger partial charge in [0.15, 0.2) is 0 Å². The van der Waals surface area contributed by atoms with Crippen molar-refractivity contribution in [1.82, 2.24) is 5.32 Å². The van der Waals surface area contributed by atoms with Gasteiger partial charge < -0.3 is 5.32 Å². The zero-order valence-electron chi connectivity index (χ0n) is 10.7. The zero-order chi connectivity index (χ0) is 11.2. The molecule has 4 rings (SSSR count).